The smallest absolute Gasteiger partial charge is 0.249 e. The third kappa shape index (κ3) is 4.72. The van der Waals surface area contributed by atoms with Gasteiger partial charge in [0.25, 0.3) is 0 Å². The Bertz CT molecular complexity index is 327. The minimum absolute atomic E-state index is 0.0000659. The molecule has 2 atom stereocenters. The number of rotatable bonds is 5. The van der Waals surface area contributed by atoms with Crippen molar-refractivity contribution in [1.29, 1.82) is 0 Å². The molecule has 2 aliphatic rings. The van der Waals surface area contributed by atoms with Crippen molar-refractivity contribution in [3.8, 4) is 0 Å². The Kier molecular flexibility index (Phi) is 5.41. The van der Waals surface area contributed by atoms with E-state index in [1.807, 2.05) is 6.92 Å². The molecule has 2 rings (SSSR count). The van der Waals surface area contributed by atoms with E-state index in [-0.39, 0.29) is 17.6 Å². The van der Waals surface area contributed by atoms with Gasteiger partial charge in [-0.1, -0.05) is 12.8 Å². The second-order valence-electron chi connectivity index (χ2n) is 6.60. The number of ether oxygens (including phenoxy) is 2. The van der Waals surface area contributed by atoms with E-state index in [1.165, 1.54) is 12.8 Å². The normalized spacial score (nSPS) is 28.2. The van der Waals surface area contributed by atoms with Gasteiger partial charge in [-0.05, 0) is 33.6 Å². The lowest BCUT2D eigenvalue weighted by Crippen LogP contribution is -2.52. The van der Waals surface area contributed by atoms with Gasteiger partial charge in [-0.15, -0.1) is 0 Å². The molecule has 1 heterocycles. The van der Waals surface area contributed by atoms with Gasteiger partial charge in [0.05, 0.1) is 18.3 Å². The molecule has 0 aromatic rings. The van der Waals surface area contributed by atoms with Crippen LogP contribution in [0.15, 0.2) is 0 Å². The maximum Gasteiger partial charge on any atom is 0.249 e. The highest BCUT2D eigenvalue weighted by Gasteiger charge is 2.29. The van der Waals surface area contributed by atoms with Crippen LogP contribution in [0.25, 0.3) is 0 Å². The van der Waals surface area contributed by atoms with Gasteiger partial charge >= 0.3 is 0 Å². The van der Waals surface area contributed by atoms with E-state index in [4.69, 9.17) is 9.47 Å². The Morgan fingerprint density at radius 1 is 1.45 bits per heavy atom. The first kappa shape index (κ1) is 15.7. The molecule has 0 bridgehead atoms. The molecule has 2 unspecified atom stereocenters. The van der Waals surface area contributed by atoms with Crippen LogP contribution >= 0.6 is 0 Å². The maximum absolute atomic E-state index is 12.0. The van der Waals surface area contributed by atoms with Crippen LogP contribution < -0.4 is 10.6 Å². The predicted octanol–water partition coefficient (Wildman–Crippen LogP) is 1.22. The van der Waals surface area contributed by atoms with Gasteiger partial charge in [-0.25, -0.2) is 0 Å². The van der Waals surface area contributed by atoms with Gasteiger partial charge < -0.3 is 20.1 Å². The highest BCUT2D eigenvalue weighted by molar-refractivity contribution is 5.80. The highest BCUT2D eigenvalue weighted by atomic mass is 16.6. The summed E-state index contributed by atoms with van der Waals surface area (Å²) in [6.07, 6.45) is 4.24. The maximum atomic E-state index is 12.0. The zero-order valence-electron chi connectivity index (χ0n) is 12.9. The Labute approximate surface area is 121 Å². The third-order valence-corrected chi connectivity index (χ3v) is 4.01. The molecule has 0 radical (unpaired) electrons. The fraction of sp³-hybridized carbons (Fsp3) is 0.933. The van der Waals surface area contributed by atoms with Gasteiger partial charge in [0.1, 0.15) is 6.10 Å². The standard InChI is InChI=1S/C15H28N2O3/c1-11(14(18)17-12-6-4-5-7-12)19-9-13-8-16-10-15(2,3)20-13/h11-13,16H,4-10H2,1-3H3,(H,17,18). The molecule has 20 heavy (non-hydrogen) atoms. The number of nitrogens with one attached hydrogen (secondary N) is 2. The number of amides is 1. The van der Waals surface area contributed by atoms with E-state index < -0.39 is 6.10 Å². The van der Waals surface area contributed by atoms with E-state index in [0.717, 1.165) is 25.9 Å². The molecular formula is C15H28N2O3. The average molecular weight is 284 g/mol. The van der Waals surface area contributed by atoms with Crippen LogP contribution in [0.4, 0.5) is 0 Å². The summed E-state index contributed by atoms with van der Waals surface area (Å²) in [6.45, 7) is 8.01. The highest BCUT2D eigenvalue weighted by Crippen LogP contribution is 2.18. The van der Waals surface area contributed by atoms with Crippen LogP contribution in [0.5, 0.6) is 0 Å². The van der Waals surface area contributed by atoms with Crippen molar-refractivity contribution in [2.45, 2.75) is 70.3 Å². The van der Waals surface area contributed by atoms with Gasteiger partial charge in [0.2, 0.25) is 5.91 Å². The second kappa shape index (κ2) is 6.87. The molecule has 1 amide bonds. The largest absolute Gasteiger partial charge is 0.367 e. The van der Waals surface area contributed by atoms with E-state index in [2.05, 4.69) is 24.5 Å². The number of hydrogen-bond donors (Lipinski definition) is 2. The number of carbonyl (C=O) groups excluding carboxylic acids is 1. The summed E-state index contributed by atoms with van der Waals surface area (Å²) in [5, 5.41) is 6.39. The minimum Gasteiger partial charge on any atom is -0.367 e. The van der Waals surface area contributed by atoms with Crippen LogP contribution in [0.1, 0.15) is 46.5 Å². The molecule has 0 aromatic carbocycles. The lowest BCUT2D eigenvalue weighted by Gasteiger charge is -2.36. The zero-order valence-corrected chi connectivity index (χ0v) is 12.9. The van der Waals surface area contributed by atoms with Crippen molar-refractivity contribution < 1.29 is 14.3 Å². The van der Waals surface area contributed by atoms with E-state index in [1.54, 1.807) is 0 Å². The van der Waals surface area contributed by atoms with Crippen molar-refractivity contribution >= 4 is 5.91 Å². The van der Waals surface area contributed by atoms with Crippen molar-refractivity contribution in [1.82, 2.24) is 10.6 Å². The Morgan fingerprint density at radius 2 is 2.15 bits per heavy atom. The quantitative estimate of drug-likeness (QED) is 0.797. The number of hydrogen-bond acceptors (Lipinski definition) is 4. The third-order valence-electron chi connectivity index (χ3n) is 4.01. The first-order chi connectivity index (χ1) is 9.46. The lowest BCUT2D eigenvalue weighted by molar-refractivity contribution is -0.145. The minimum atomic E-state index is -0.413. The van der Waals surface area contributed by atoms with Crippen LogP contribution in [-0.2, 0) is 14.3 Å². The van der Waals surface area contributed by atoms with Crippen LogP contribution in [0, 0.1) is 0 Å². The molecule has 5 nitrogen and oxygen atoms in total. The van der Waals surface area contributed by atoms with Crippen LogP contribution in [0.2, 0.25) is 0 Å². The van der Waals surface area contributed by atoms with E-state index >= 15 is 0 Å². The van der Waals surface area contributed by atoms with Crippen molar-refractivity contribution in [3.05, 3.63) is 0 Å². The molecule has 116 valence electrons. The lowest BCUT2D eigenvalue weighted by atomic mass is 10.1. The van der Waals surface area contributed by atoms with Gasteiger partial charge in [0, 0.05) is 19.1 Å². The predicted molar refractivity (Wildman–Crippen MR) is 77.6 cm³/mol. The summed E-state index contributed by atoms with van der Waals surface area (Å²) in [5.41, 5.74) is -0.165. The molecule has 0 aromatic heterocycles. The zero-order chi connectivity index (χ0) is 14.6. The fourth-order valence-electron chi connectivity index (χ4n) is 2.88. The SMILES string of the molecule is CC(OCC1CNCC(C)(C)O1)C(=O)NC1CCCC1. The van der Waals surface area contributed by atoms with Crippen molar-refractivity contribution in [2.24, 2.45) is 0 Å². The molecule has 1 saturated carbocycles. The topological polar surface area (TPSA) is 59.6 Å². The van der Waals surface area contributed by atoms with Gasteiger partial charge in [0.15, 0.2) is 0 Å². The molecule has 1 aliphatic carbocycles. The van der Waals surface area contributed by atoms with Crippen LogP contribution in [0.3, 0.4) is 0 Å². The molecule has 2 fully saturated rings. The Morgan fingerprint density at radius 3 is 2.80 bits per heavy atom. The molecule has 5 heteroatoms. The molecule has 0 spiro atoms. The average Bonchev–Trinajstić information content (AvgIpc) is 2.87. The first-order valence-electron chi connectivity index (χ1n) is 7.77. The molecule has 1 aliphatic heterocycles. The summed E-state index contributed by atoms with van der Waals surface area (Å²) in [6, 6.07) is 0.347. The van der Waals surface area contributed by atoms with Crippen molar-refractivity contribution in [3.63, 3.8) is 0 Å². The molecular weight excluding hydrogens is 256 g/mol. The summed E-state index contributed by atoms with van der Waals surface area (Å²) >= 11 is 0. The van der Waals surface area contributed by atoms with Gasteiger partial charge in [-0.2, -0.15) is 0 Å². The summed E-state index contributed by atoms with van der Waals surface area (Å²) in [7, 11) is 0. The van der Waals surface area contributed by atoms with Crippen molar-refractivity contribution in [2.75, 3.05) is 19.7 Å². The number of morpholine rings is 1. The fourth-order valence-corrected chi connectivity index (χ4v) is 2.88. The Hall–Kier alpha value is -0.650. The molecule has 2 N–H and O–H groups in total. The van der Waals surface area contributed by atoms with Gasteiger partial charge in [-0.3, -0.25) is 4.79 Å². The monoisotopic (exact) mass is 284 g/mol. The van der Waals surface area contributed by atoms with E-state index in [0.29, 0.717) is 12.6 Å². The summed E-state index contributed by atoms with van der Waals surface area (Å²) < 4.78 is 11.6. The van der Waals surface area contributed by atoms with E-state index in [9.17, 15) is 4.79 Å². The second-order valence-corrected chi connectivity index (χ2v) is 6.60. The molecule has 1 saturated heterocycles. The number of carbonyl (C=O) groups is 1. The summed E-state index contributed by atoms with van der Waals surface area (Å²) in [4.78, 5) is 12.0. The van der Waals surface area contributed by atoms with Crippen LogP contribution in [-0.4, -0.2) is 49.5 Å². The Balaban J connectivity index is 1.68. The summed E-state index contributed by atoms with van der Waals surface area (Å²) in [5.74, 6) is -0.0000659. The first-order valence-corrected chi connectivity index (χ1v) is 7.77.